The number of thiophene rings is 1. The molecule has 0 amide bonds. The molecule has 0 bridgehead atoms. The molecule has 0 fully saturated rings. The molecule has 1 aromatic carbocycles. The first kappa shape index (κ1) is 17.0. The number of aliphatic hydroxyl groups excluding tert-OH is 1. The number of carboxylic acid groups (broad SMARTS) is 1. The van der Waals surface area contributed by atoms with Crippen molar-refractivity contribution < 1.29 is 24.5 Å². The SMILES string of the molecule is O=C(O)C1=C[C@@H](c2csc3ccccc23)C[C@@H](OCCCCO)O1. The molecule has 1 aromatic heterocycles. The molecule has 6 heteroatoms. The number of fused-ring (bicyclic) bond motifs is 1. The zero-order valence-electron chi connectivity index (χ0n) is 13.2. The minimum atomic E-state index is -1.08. The molecule has 128 valence electrons. The van der Waals surface area contributed by atoms with Gasteiger partial charge in [0.15, 0.2) is 0 Å². The van der Waals surface area contributed by atoms with Gasteiger partial charge < -0.3 is 19.7 Å². The van der Waals surface area contributed by atoms with Crippen molar-refractivity contribution in [2.45, 2.75) is 31.5 Å². The Kier molecular flexibility index (Phi) is 5.50. The lowest BCUT2D eigenvalue weighted by atomic mass is 9.92. The van der Waals surface area contributed by atoms with Crippen LogP contribution in [0.2, 0.25) is 0 Å². The summed E-state index contributed by atoms with van der Waals surface area (Å²) in [4.78, 5) is 11.4. The maximum Gasteiger partial charge on any atom is 0.370 e. The summed E-state index contributed by atoms with van der Waals surface area (Å²) in [6.07, 6.45) is 3.05. The second-order valence-electron chi connectivity index (χ2n) is 5.71. The van der Waals surface area contributed by atoms with E-state index in [0.29, 0.717) is 25.9 Å². The third kappa shape index (κ3) is 3.77. The fourth-order valence-electron chi connectivity index (χ4n) is 2.84. The summed E-state index contributed by atoms with van der Waals surface area (Å²) >= 11 is 1.66. The quantitative estimate of drug-likeness (QED) is 0.749. The summed E-state index contributed by atoms with van der Waals surface area (Å²) in [5, 5.41) is 21.4. The van der Waals surface area contributed by atoms with Crippen LogP contribution in [0.25, 0.3) is 10.1 Å². The molecular weight excluding hydrogens is 328 g/mol. The first-order valence-electron chi connectivity index (χ1n) is 7.99. The molecule has 0 saturated heterocycles. The number of carboxylic acids is 1. The minimum absolute atomic E-state index is 0.0520. The number of allylic oxidation sites excluding steroid dienone is 1. The van der Waals surface area contributed by atoms with Crippen LogP contribution in [0.15, 0.2) is 41.5 Å². The van der Waals surface area contributed by atoms with E-state index in [-0.39, 0.29) is 18.3 Å². The van der Waals surface area contributed by atoms with Gasteiger partial charge >= 0.3 is 5.97 Å². The fourth-order valence-corrected chi connectivity index (χ4v) is 3.87. The van der Waals surface area contributed by atoms with Crippen LogP contribution in [0.1, 0.15) is 30.7 Å². The van der Waals surface area contributed by atoms with Crippen molar-refractivity contribution in [1.29, 1.82) is 0 Å². The molecule has 1 aliphatic rings. The highest BCUT2D eigenvalue weighted by Crippen LogP contribution is 2.38. The Labute approximate surface area is 144 Å². The van der Waals surface area contributed by atoms with E-state index in [2.05, 4.69) is 17.5 Å². The summed E-state index contributed by atoms with van der Waals surface area (Å²) in [7, 11) is 0. The average molecular weight is 348 g/mol. The molecule has 2 aromatic rings. The van der Waals surface area contributed by atoms with E-state index in [4.69, 9.17) is 14.6 Å². The summed E-state index contributed by atoms with van der Waals surface area (Å²) in [5.41, 5.74) is 1.11. The predicted octanol–water partition coefficient (Wildman–Crippen LogP) is 3.49. The number of benzene rings is 1. The molecule has 24 heavy (non-hydrogen) atoms. The Morgan fingerprint density at radius 3 is 2.96 bits per heavy atom. The van der Waals surface area contributed by atoms with Crippen LogP contribution in [-0.4, -0.2) is 35.7 Å². The number of aliphatic hydroxyl groups is 1. The van der Waals surface area contributed by atoms with Crippen LogP contribution >= 0.6 is 11.3 Å². The standard InChI is InChI=1S/C18H20O5S/c19-7-3-4-8-22-17-10-12(9-15(23-17)18(20)21)14-11-24-16-6-2-1-5-13(14)16/h1-2,5-6,9,11-12,17,19H,3-4,7-8,10H2,(H,20,21)/t12-,17+/m1/s1. The van der Waals surface area contributed by atoms with Gasteiger partial charge in [0.25, 0.3) is 0 Å². The van der Waals surface area contributed by atoms with Crippen LogP contribution in [-0.2, 0) is 14.3 Å². The summed E-state index contributed by atoms with van der Waals surface area (Å²) in [6.45, 7) is 0.563. The van der Waals surface area contributed by atoms with Gasteiger partial charge in [-0.3, -0.25) is 0 Å². The smallest absolute Gasteiger partial charge is 0.370 e. The topological polar surface area (TPSA) is 76.0 Å². The number of hydrogen-bond acceptors (Lipinski definition) is 5. The lowest BCUT2D eigenvalue weighted by Crippen LogP contribution is -2.27. The number of carbonyl (C=O) groups is 1. The molecule has 0 saturated carbocycles. The van der Waals surface area contributed by atoms with Crippen molar-refractivity contribution in [2.75, 3.05) is 13.2 Å². The van der Waals surface area contributed by atoms with Crippen molar-refractivity contribution in [3.63, 3.8) is 0 Å². The van der Waals surface area contributed by atoms with Gasteiger partial charge in [0.05, 0.1) is 6.61 Å². The van der Waals surface area contributed by atoms with Crippen LogP contribution in [0, 0.1) is 0 Å². The maximum absolute atomic E-state index is 11.4. The fraction of sp³-hybridized carbons (Fsp3) is 0.389. The molecule has 2 heterocycles. The Balaban J connectivity index is 1.80. The highest BCUT2D eigenvalue weighted by molar-refractivity contribution is 7.17. The molecule has 1 aliphatic heterocycles. The van der Waals surface area contributed by atoms with E-state index in [1.165, 1.54) is 4.70 Å². The lowest BCUT2D eigenvalue weighted by Gasteiger charge is -2.28. The Morgan fingerprint density at radius 2 is 2.17 bits per heavy atom. The summed E-state index contributed by atoms with van der Waals surface area (Å²) < 4.78 is 12.3. The number of unbranched alkanes of at least 4 members (excludes halogenated alkanes) is 1. The Bertz CT molecular complexity index is 736. The highest BCUT2D eigenvalue weighted by Gasteiger charge is 2.29. The van der Waals surface area contributed by atoms with Gasteiger partial charge in [0, 0.05) is 23.6 Å². The van der Waals surface area contributed by atoms with Crippen molar-refractivity contribution in [1.82, 2.24) is 0 Å². The van der Waals surface area contributed by atoms with Crippen molar-refractivity contribution in [3.05, 3.63) is 47.0 Å². The summed E-state index contributed by atoms with van der Waals surface area (Å²) in [6, 6.07) is 8.11. The van der Waals surface area contributed by atoms with E-state index in [0.717, 1.165) is 10.9 Å². The molecule has 0 spiro atoms. The van der Waals surface area contributed by atoms with Crippen LogP contribution in [0.5, 0.6) is 0 Å². The van der Waals surface area contributed by atoms with E-state index in [1.807, 2.05) is 12.1 Å². The second kappa shape index (κ2) is 7.79. The third-order valence-corrected chi connectivity index (χ3v) is 5.02. The molecule has 3 rings (SSSR count). The maximum atomic E-state index is 11.4. The van der Waals surface area contributed by atoms with Gasteiger partial charge in [-0.1, -0.05) is 18.2 Å². The first-order chi connectivity index (χ1) is 11.7. The number of ether oxygens (including phenoxy) is 2. The highest BCUT2D eigenvalue weighted by atomic mass is 32.1. The monoisotopic (exact) mass is 348 g/mol. The molecule has 2 N–H and O–H groups in total. The molecule has 5 nitrogen and oxygen atoms in total. The molecule has 0 aliphatic carbocycles. The van der Waals surface area contributed by atoms with Gasteiger partial charge in [-0.2, -0.15) is 0 Å². The third-order valence-electron chi connectivity index (χ3n) is 4.03. The largest absolute Gasteiger partial charge is 0.475 e. The summed E-state index contributed by atoms with van der Waals surface area (Å²) in [5.74, 6) is -1.19. The molecule has 0 unspecified atom stereocenters. The van der Waals surface area contributed by atoms with Gasteiger partial charge in [-0.15, -0.1) is 11.3 Å². The Morgan fingerprint density at radius 1 is 1.33 bits per heavy atom. The van der Waals surface area contributed by atoms with E-state index in [1.54, 1.807) is 17.4 Å². The zero-order chi connectivity index (χ0) is 16.9. The Hall–Kier alpha value is -1.89. The van der Waals surface area contributed by atoms with Gasteiger partial charge in [-0.25, -0.2) is 4.79 Å². The van der Waals surface area contributed by atoms with E-state index in [9.17, 15) is 9.90 Å². The van der Waals surface area contributed by atoms with Gasteiger partial charge in [0.1, 0.15) is 0 Å². The number of rotatable bonds is 7. The normalized spacial score (nSPS) is 20.6. The zero-order valence-corrected chi connectivity index (χ0v) is 14.0. The first-order valence-corrected chi connectivity index (χ1v) is 8.87. The predicted molar refractivity (Wildman–Crippen MR) is 92.0 cm³/mol. The van der Waals surface area contributed by atoms with E-state index < -0.39 is 12.3 Å². The van der Waals surface area contributed by atoms with Gasteiger partial charge in [-0.05, 0) is 41.3 Å². The second-order valence-corrected chi connectivity index (χ2v) is 6.63. The minimum Gasteiger partial charge on any atom is -0.475 e. The lowest BCUT2D eigenvalue weighted by molar-refractivity contribution is -0.157. The van der Waals surface area contributed by atoms with Crippen molar-refractivity contribution >= 4 is 27.4 Å². The molecule has 2 atom stereocenters. The van der Waals surface area contributed by atoms with Crippen molar-refractivity contribution in [2.24, 2.45) is 0 Å². The van der Waals surface area contributed by atoms with Crippen LogP contribution in [0.4, 0.5) is 0 Å². The average Bonchev–Trinajstić information content (AvgIpc) is 3.02. The van der Waals surface area contributed by atoms with Crippen LogP contribution < -0.4 is 0 Å². The van der Waals surface area contributed by atoms with Gasteiger partial charge in [0.2, 0.25) is 12.0 Å². The number of aliphatic carboxylic acids is 1. The molecular formula is C18H20O5S. The molecule has 0 radical (unpaired) electrons. The van der Waals surface area contributed by atoms with Crippen molar-refractivity contribution in [3.8, 4) is 0 Å². The van der Waals surface area contributed by atoms with Crippen LogP contribution in [0.3, 0.4) is 0 Å². The van der Waals surface area contributed by atoms with E-state index >= 15 is 0 Å². The number of hydrogen-bond donors (Lipinski definition) is 2.